The Kier molecular flexibility index (Phi) is 7.94. The van der Waals surface area contributed by atoms with Gasteiger partial charge in [0.05, 0.1) is 6.04 Å². The molecule has 4 nitrogen and oxygen atoms in total. The second kappa shape index (κ2) is 6.10. The molecule has 56 valence electrons. The van der Waals surface area contributed by atoms with Crippen molar-refractivity contribution < 1.29 is 10.0 Å². The quantitative estimate of drug-likeness (QED) is 0.300. The average Bonchev–Trinajstić information content (AvgIpc) is 1.84. The lowest BCUT2D eigenvalue weighted by Gasteiger charge is -2.01. The van der Waals surface area contributed by atoms with E-state index in [0.717, 1.165) is 0 Å². The number of amides is 1. The third-order valence-corrected chi connectivity index (χ3v) is 0.946. The predicted octanol–water partition coefficient (Wildman–Crippen LogP) is -0.520. The molecule has 0 saturated carbocycles. The minimum absolute atomic E-state index is 0. The fourth-order valence-electron chi connectivity index (χ4n) is 0.153. The fourth-order valence-corrected chi connectivity index (χ4v) is 0.293. The Labute approximate surface area is 63.7 Å². The molecule has 0 aliphatic rings. The summed E-state index contributed by atoms with van der Waals surface area (Å²) in [5, 5.41) is 7.90. The van der Waals surface area contributed by atoms with Gasteiger partial charge in [0.25, 0.3) is 5.91 Å². The standard InChI is InChI=1S/C3H7ClN2O2.ClH/c4-1-2(5)3(7)6-8;/h2,8H,1,5H2,(H,6,7);1H/t2-;/m0./s1. The summed E-state index contributed by atoms with van der Waals surface area (Å²) in [5.74, 6) is -0.660. The number of hydrogen-bond acceptors (Lipinski definition) is 3. The van der Waals surface area contributed by atoms with E-state index in [1.54, 1.807) is 0 Å². The fraction of sp³-hybridized carbons (Fsp3) is 0.667. The van der Waals surface area contributed by atoms with E-state index in [2.05, 4.69) is 0 Å². The van der Waals surface area contributed by atoms with Crippen molar-refractivity contribution in [3.63, 3.8) is 0 Å². The summed E-state index contributed by atoms with van der Waals surface area (Å²) in [4.78, 5) is 10.2. The van der Waals surface area contributed by atoms with Gasteiger partial charge < -0.3 is 5.73 Å². The summed E-state index contributed by atoms with van der Waals surface area (Å²) in [6, 6.07) is -0.818. The maximum Gasteiger partial charge on any atom is 0.261 e. The van der Waals surface area contributed by atoms with E-state index in [1.165, 1.54) is 5.48 Å². The van der Waals surface area contributed by atoms with Crippen LogP contribution in [0.1, 0.15) is 0 Å². The minimum atomic E-state index is -0.818. The van der Waals surface area contributed by atoms with Crippen molar-refractivity contribution >= 4 is 29.9 Å². The van der Waals surface area contributed by atoms with E-state index >= 15 is 0 Å². The second-order valence-electron chi connectivity index (χ2n) is 1.24. The highest BCUT2D eigenvalue weighted by Gasteiger charge is 2.08. The van der Waals surface area contributed by atoms with Gasteiger partial charge in [-0.15, -0.1) is 24.0 Å². The van der Waals surface area contributed by atoms with Crippen LogP contribution in [-0.2, 0) is 4.79 Å². The van der Waals surface area contributed by atoms with Gasteiger partial charge >= 0.3 is 0 Å². The van der Waals surface area contributed by atoms with E-state index in [4.69, 9.17) is 22.5 Å². The molecule has 6 heteroatoms. The summed E-state index contributed by atoms with van der Waals surface area (Å²) in [7, 11) is 0. The van der Waals surface area contributed by atoms with Crippen LogP contribution < -0.4 is 11.2 Å². The van der Waals surface area contributed by atoms with Crippen LogP contribution in [0.2, 0.25) is 0 Å². The zero-order chi connectivity index (χ0) is 6.57. The second-order valence-corrected chi connectivity index (χ2v) is 1.55. The summed E-state index contributed by atoms with van der Waals surface area (Å²) in [6.45, 7) is 0. The van der Waals surface area contributed by atoms with Crippen molar-refractivity contribution in [2.75, 3.05) is 5.88 Å². The number of nitrogens with one attached hydrogen (secondary N) is 1. The SMILES string of the molecule is Cl.N[C@@H](CCl)C(=O)NO. The number of hydroxylamine groups is 1. The Morgan fingerprint density at radius 3 is 2.44 bits per heavy atom. The zero-order valence-electron chi connectivity index (χ0n) is 4.50. The van der Waals surface area contributed by atoms with Crippen LogP contribution in [0.25, 0.3) is 0 Å². The normalized spacial score (nSPS) is 11.4. The minimum Gasteiger partial charge on any atom is -0.319 e. The largest absolute Gasteiger partial charge is 0.319 e. The van der Waals surface area contributed by atoms with Gasteiger partial charge in [0.15, 0.2) is 0 Å². The molecule has 0 aromatic carbocycles. The molecule has 0 unspecified atom stereocenters. The van der Waals surface area contributed by atoms with Gasteiger partial charge in [0, 0.05) is 5.88 Å². The molecule has 9 heavy (non-hydrogen) atoms. The highest BCUT2D eigenvalue weighted by Crippen LogP contribution is 1.81. The van der Waals surface area contributed by atoms with Gasteiger partial charge in [0.2, 0.25) is 0 Å². The molecule has 0 bridgehead atoms. The summed E-state index contributed by atoms with van der Waals surface area (Å²) in [5.41, 5.74) is 6.39. The first kappa shape index (κ1) is 11.7. The van der Waals surface area contributed by atoms with Gasteiger partial charge in [-0.05, 0) is 0 Å². The third-order valence-electron chi connectivity index (χ3n) is 0.613. The number of hydrogen-bond donors (Lipinski definition) is 3. The first-order valence-electron chi connectivity index (χ1n) is 1.98. The van der Waals surface area contributed by atoms with Crippen LogP contribution in [0.5, 0.6) is 0 Å². The number of nitrogens with two attached hydrogens (primary N) is 1. The molecule has 0 aromatic heterocycles. The van der Waals surface area contributed by atoms with Crippen molar-refractivity contribution in [3.8, 4) is 0 Å². The first-order valence-corrected chi connectivity index (χ1v) is 2.51. The van der Waals surface area contributed by atoms with E-state index in [9.17, 15) is 4.79 Å². The highest BCUT2D eigenvalue weighted by atomic mass is 35.5. The van der Waals surface area contributed by atoms with Gasteiger partial charge in [-0.25, -0.2) is 5.48 Å². The van der Waals surface area contributed by atoms with Crippen LogP contribution in [-0.4, -0.2) is 23.0 Å². The molecular formula is C3H8Cl2N2O2. The van der Waals surface area contributed by atoms with E-state index in [0.29, 0.717) is 0 Å². The average molecular weight is 175 g/mol. The monoisotopic (exact) mass is 174 g/mol. The number of carbonyl (C=O) groups is 1. The molecular weight excluding hydrogens is 167 g/mol. The molecule has 0 fully saturated rings. The molecule has 0 radical (unpaired) electrons. The Balaban J connectivity index is 0. The first-order chi connectivity index (χ1) is 3.72. The van der Waals surface area contributed by atoms with Gasteiger partial charge in [-0.3, -0.25) is 10.0 Å². The van der Waals surface area contributed by atoms with E-state index in [1.807, 2.05) is 0 Å². The lowest BCUT2D eigenvalue weighted by molar-refractivity contribution is -0.130. The summed E-state index contributed by atoms with van der Waals surface area (Å²) >= 11 is 5.13. The van der Waals surface area contributed by atoms with Crippen LogP contribution in [0.3, 0.4) is 0 Å². The number of rotatable bonds is 2. The molecule has 4 N–H and O–H groups in total. The summed E-state index contributed by atoms with van der Waals surface area (Å²) in [6.07, 6.45) is 0. The molecule has 0 aromatic rings. The maximum atomic E-state index is 10.2. The number of carbonyl (C=O) groups excluding carboxylic acids is 1. The van der Waals surface area contributed by atoms with Crippen molar-refractivity contribution in [1.29, 1.82) is 0 Å². The Morgan fingerprint density at radius 1 is 1.89 bits per heavy atom. The van der Waals surface area contributed by atoms with Crippen molar-refractivity contribution in [1.82, 2.24) is 5.48 Å². The van der Waals surface area contributed by atoms with Crippen LogP contribution in [0.4, 0.5) is 0 Å². The molecule has 0 aliphatic carbocycles. The molecule has 0 rings (SSSR count). The predicted molar refractivity (Wildman–Crippen MR) is 35.9 cm³/mol. The van der Waals surface area contributed by atoms with Gasteiger partial charge in [-0.1, -0.05) is 0 Å². The maximum absolute atomic E-state index is 10.2. The Bertz CT molecular complexity index is 89.9. The molecule has 0 aliphatic heterocycles. The van der Waals surface area contributed by atoms with Crippen molar-refractivity contribution in [2.24, 2.45) is 5.73 Å². The lowest BCUT2D eigenvalue weighted by atomic mass is 10.3. The Hall–Kier alpha value is -0.0300. The summed E-state index contributed by atoms with van der Waals surface area (Å²) < 4.78 is 0. The van der Waals surface area contributed by atoms with Gasteiger partial charge in [0.1, 0.15) is 0 Å². The molecule has 0 spiro atoms. The van der Waals surface area contributed by atoms with Crippen LogP contribution >= 0.6 is 24.0 Å². The number of alkyl halides is 1. The third kappa shape index (κ3) is 4.47. The van der Waals surface area contributed by atoms with Gasteiger partial charge in [-0.2, -0.15) is 0 Å². The molecule has 1 amide bonds. The molecule has 1 atom stereocenters. The topological polar surface area (TPSA) is 75.4 Å². The van der Waals surface area contributed by atoms with E-state index in [-0.39, 0.29) is 18.3 Å². The van der Waals surface area contributed by atoms with E-state index < -0.39 is 11.9 Å². The molecule has 0 heterocycles. The van der Waals surface area contributed by atoms with Crippen molar-refractivity contribution in [3.05, 3.63) is 0 Å². The van der Waals surface area contributed by atoms with Crippen LogP contribution in [0, 0.1) is 0 Å². The lowest BCUT2D eigenvalue weighted by Crippen LogP contribution is -2.40. The Morgan fingerprint density at radius 2 is 2.33 bits per heavy atom. The zero-order valence-corrected chi connectivity index (χ0v) is 6.08. The number of halogens is 2. The van der Waals surface area contributed by atoms with Crippen LogP contribution in [0.15, 0.2) is 0 Å². The van der Waals surface area contributed by atoms with Crippen molar-refractivity contribution in [2.45, 2.75) is 6.04 Å². The molecule has 0 saturated heterocycles. The highest BCUT2D eigenvalue weighted by molar-refractivity contribution is 6.19. The smallest absolute Gasteiger partial charge is 0.261 e.